The third-order valence-electron chi connectivity index (χ3n) is 2.54. The predicted molar refractivity (Wildman–Crippen MR) is 85.5 cm³/mol. The number of nitrogens with two attached hydrogens (primary N) is 1. The van der Waals surface area contributed by atoms with E-state index in [1.54, 1.807) is 0 Å². The lowest BCUT2D eigenvalue weighted by atomic mass is 10.4. The summed E-state index contributed by atoms with van der Waals surface area (Å²) in [7, 11) is -3.70. The third kappa shape index (κ3) is 4.20. The molecule has 0 radical (unpaired) electrons. The number of aromatic nitrogens is 2. The van der Waals surface area contributed by atoms with Gasteiger partial charge in [0.15, 0.2) is 5.82 Å². The van der Waals surface area contributed by atoms with Gasteiger partial charge in [-0.15, -0.1) is 11.3 Å². The van der Waals surface area contributed by atoms with E-state index in [4.69, 9.17) is 5.84 Å². The average Bonchev–Trinajstić information content (AvgIpc) is 2.84. The van der Waals surface area contributed by atoms with Crippen molar-refractivity contribution in [3.63, 3.8) is 0 Å². The minimum absolute atomic E-state index is 0.00491. The van der Waals surface area contributed by atoms with Gasteiger partial charge in [0.05, 0.1) is 5.01 Å². The Hall–Kier alpha value is -1.07. The molecule has 0 saturated heterocycles. The topological polar surface area (TPSA) is 110 Å². The molecule has 0 fully saturated rings. The van der Waals surface area contributed by atoms with Crippen LogP contribution in [-0.2, 0) is 16.4 Å². The summed E-state index contributed by atoms with van der Waals surface area (Å²) in [5.41, 5.74) is 3.21. The molecule has 0 unspecified atom stereocenters. The lowest BCUT2D eigenvalue weighted by molar-refractivity contribution is 0.581. The zero-order chi connectivity index (χ0) is 15.5. The van der Waals surface area contributed by atoms with E-state index < -0.39 is 10.0 Å². The first-order valence-corrected chi connectivity index (χ1v) is 9.11. The number of thiazole rings is 1. The number of hydrogen-bond acceptors (Lipinski definition) is 7. The van der Waals surface area contributed by atoms with Crippen LogP contribution in [0.15, 0.2) is 27.0 Å². The normalized spacial score (nSPS) is 11.6. The van der Waals surface area contributed by atoms with Gasteiger partial charge >= 0.3 is 0 Å². The van der Waals surface area contributed by atoms with Crippen molar-refractivity contribution in [3.05, 3.63) is 32.8 Å². The number of nitrogens with zero attached hydrogens (tertiary/aromatic N) is 2. The van der Waals surface area contributed by atoms with Crippen LogP contribution >= 0.6 is 27.3 Å². The predicted octanol–water partition coefficient (Wildman–Crippen LogP) is 1.42. The van der Waals surface area contributed by atoms with Crippen molar-refractivity contribution in [2.45, 2.75) is 18.2 Å². The van der Waals surface area contributed by atoms with Crippen molar-refractivity contribution in [1.82, 2.24) is 14.7 Å². The molecular weight excluding hydrogens is 378 g/mol. The maximum atomic E-state index is 12.3. The van der Waals surface area contributed by atoms with Crippen molar-refractivity contribution < 1.29 is 8.42 Å². The molecule has 0 atom stereocenters. The van der Waals surface area contributed by atoms with Crippen molar-refractivity contribution in [2.24, 2.45) is 5.84 Å². The fourth-order valence-electron chi connectivity index (χ4n) is 1.62. The van der Waals surface area contributed by atoms with Crippen molar-refractivity contribution in [1.29, 1.82) is 0 Å². The average molecular weight is 392 g/mol. The fourth-order valence-corrected chi connectivity index (χ4v) is 4.05. The van der Waals surface area contributed by atoms with Crippen LogP contribution < -0.4 is 16.0 Å². The molecule has 0 aromatic carbocycles. The summed E-state index contributed by atoms with van der Waals surface area (Å²) < 4.78 is 27.6. The fraction of sp³-hybridized carbons (Fsp3) is 0.273. The molecule has 2 rings (SSSR count). The number of halogens is 1. The van der Waals surface area contributed by atoms with Gasteiger partial charge in [-0.25, -0.2) is 29.0 Å². The van der Waals surface area contributed by atoms with E-state index >= 15 is 0 Å². The van der Waals surface area contributed by atoms with Gasteiger partial charge in [-0.2, -0.15) is 0 Å². The lowest BCUT2D eigenvalue weighted by Crippen LogP contribution is -2.27. The van der Waals surface area contributed by atoms with E-state index in [1.807, 2.05) is 12.3 Å². The Labute approximate surface area is 135 Å². The lowest BCUT2D eigenvalue weighted by Gasteiger charge is -2.10. The smallest absolute Gasteiger partial charge is 0.244 e. The maximum absolute atomic E-state index is 12.3. The zero-order valence-corrected chi connectivity index (χ0v) is 14.3. The van der Waals surface area contributed by atoms with Crippen LogP contribution in [0.4, 0.5) is 5.82 Å². The molecular formula is C11H14BrN5O2S2. The molecule has 2 aromatic rings. The standard InChI is InChI=1S/C11H14BrN5O2S2/c1-7-6-20-10(16-7)2-3-15-21(18,19)9-4-8(12)5-14-11(9)17-13/h4-6,15H,2-3,13H2,1H3,(H,14,17). The monoisotopic (exact) mass is 391 g/mol. The Balaban J connectivity index is 2.09. The molecule has 0 aliphatic rings. The molecule has 4 N–H and O–H groups in total. The van der Waals surface area contributed by atoms with Gasteiger partial charge in [0, 0.05) is 34.7 Å². The number of pyridine rings is 1. The number of anilines is 1. The van der Waals surface area contributed by atoms with Gasteiger partial charge in [-0.1, -0.05) is 0 Å². The Kier molecular flexibility index (Phi) is 5.27. The molecule has 2 heterocycles. The van der Waals surface area contributed by atoms with E-state index in [0.29, 0.717) is 10.9 Å². The maximum Gasteiger partial charge on any atom is 0.244 e. The van der Waals surface area contributed by atoms with E-state index in [-0.39, 0.29) is 17.3 Å². The van der Waals surface area contributed by atoms with E-state index in [2.05, 4.69) is 36.0 Å². The molecule has 21 heavy (non-hydrogen) atoms. The first-order valence-electron chi connectivity index (χ1n) is 5.95. The van der Waals surface area contributed by atoms with E-state index in [1.165, 1.54) is 23.6 Å². The number of sulfonamides is 1. The highest BCUT2D eigenvalue weighted by atomic mass is 79.9. The minimum Gasteiger partial charge on any atom is -0.307 e. The Morgan fingerprint density at radius 1 is 1.48 bits per heavy atom. The molecule has 0 aliphatic heterocycles. The molecule has 2 aromatic heterocycles. The largest absolute Gasteiger partial charge is 0.307 e. The van der Waals surface area contributed by atoms with Gasteiger partial charge in [0.2, 0.25) is 10.0 Å². The number of rotatable bonds is 6. The second-order valence-electron chi connectivity index (χ2n) is 4.18. The molecule has 0 amide bonds. The molecule has 10 heteroatoms. The van der Waals surface area contributed by atoms with Crippen LogP contribution in [0.1, 0.15) is 10.7 Å². The third-order valence-corrected chi connectivity index (χ3v) is 5.48. The summed E-state index contributed by atoms with van der Waals surface area (Å²) in [4.78, 5) is 8.20. The van der Waals surface area contributed by atoms with Crippen LogP contribution in [0, 0.1) is 6.92 Å². The Morgan fingerprint density at radius 3 is 2.86 bits per heavy atom. The molecule has 114 valence electrons. The molecule has 0 aliphatic carbocycles. The first-order chi connectivity index (χ1) is 9.92. The summed E-state index contributed by atoms with van der Waals surface area (Å²) in [5, 5.41) is 2.82. The van der Waals surface area contributed by atoms with Crippen LogP contribution in [-0.4, -0.2) is 24.9 Å². The SMILES string of the molecule is Cc1csc(CCNS(=O)(=O)c2cc(Br)cnc2NN)n1. The van der Waals surface area contributed by atoms with Gasteiger partial charge in [0.1, 0.15) is 4.90 Å². The summed E-state index contributed by atoms with van der Waals surface area (Å²) in [6, 6.07) is 1.44. The summed E-state index contributed by atoms with van der Waals surface area (Å²) in [6.07, 6.45) is 2.00. The number of hydrogen-bond donors (Lipinski definition) is 3. The van der Waals surface area contributed by atoms with Crippen molar-refractivity contribution in [3.8, 4) is 0 Å². The number of nitrogens with one attached hydrogen (secondary N) is 2. The highest BCUT2D eigenvalue weighted by Crippen LogP contribution is 2.22. The van der Waals surface area contributed by atoms with Crippen LogP contribution in [0.3, 0.4) is 0 Å². The molecule has 7 nitrogen and oxygen atoms in total. The second kappa shape index (κ2) is 6.79. The zero-order valence-electron chi connectivity index (χ0n) is 11.1. The number of aryl methyl sites for hydroxylation is 1. The van der Waals surface area contributed by atoms with Crippen molar-refractivity contribution >= 4 is 43.1 Å². The second-order valence-corrected chi connectivity index (χ2v) is 7.77. The van der Waals surface area contributed by atoms with Crippen LogP contribution in [0.25, 0.3) is 0 Å². The Bertz CT molecular complexity index is 732. The molecule has 0 spiro atoms. The summed E-state index contributed by atoms with van der Waals surface area (Å²) in [5.74, 6) is 5.38. The quantitative estimate of drug-likeness (QED) is 0.507. The highest BCUT2D eigenvalue weighted by Gasteiger charge is 2.19. The Morgan fingerprint density at radius 2 is 2.24 bits per heavy atom. The van der Waals surface area contributed by atoms with Gasteiger partial charge < -0.3 is 5.43 Å². The first kappa shape index (κ1) is 16.3. The highest BCUT2D eigenvalue weighted by molar-refractivity contribution is 9.10. The van der Waals surface area contributed by atoms with Crippen LogP contribution in [0.5, 0.6) is 0 Å². The van der Waals surface area contributed by atoms with E-state index in [0.717, 1.165) is 10.7 Å². The van der Waals surface area contributed by atoms with Gasteiger partial charge in [-0.05, 0) is 28.9 Å². The van der Waals surface area contributed by atoms with Crippen molar-refractivity contribution in [2.75, 3.05) is 12.0 Å². The molecule has 0 saturated carbocycles. The van der Waals surface area contributed by atoms with E-state index in [9.17, 15) is 8.42 Å². The summed E-state index contributed by atoms with van der Waals surface area (Å²) in [6.45, 7) is 2.16. The van der Waals surface area contributed by atoms with Gasteiger partial charge in [-0.3, -0.25) is 0 Å². The summed E-state index contributed by atoms with van der Waals surface area (Å²) >= 11 is 4.70. The number of nitrogen functional groups attached to an aromatic ring is 1. The molecule has 0 bridgehead atoms. The van der Waals surface area contributed by atoms with Crippen LogP contribution in [0.2, 0.25) is 0 Å². The minimum atomic E-state index is -3.70. The van der Waals surface area contributed by atoms with Gasteiger partial charge in [0.25, 0.3) is 0 Å². The number of hydrazine groups is 1.